The number of phosphoric acid groups is 1. The second kappa shape index (κ2) is 64.0. The molecule has 0 aromatic rings. The lowest BCUT2D eigenvalue weighted by molar-refractivity contribution is -0.870. The molecule has 2 N–H and O–H groups in total. The Kier molecular flexibility index (Phi) is 63.6. The van der Waals surface area contributed by atoms with Crippen molar-refractivity contribution in [1.82, 2.24) is 5.32 Å². The van der Waals surface area contributed by atoms with Crippen molar-refractivity contribution >= 4 is 13.7 Å². The standard InChI is InChI=1S/C72H147N2O6P/c1-6-8-10-12-14-16-18-20-22-24-26-28-30-32-34-35-36-37-38-39-40-41-43-45-47-49-51-53-55-57-59-61-63-65-71(75)70(69-80-81(77,78)79-68-67-74(3,4)5)73-72(76)66-64-62-60-58-56-54-52-50-48-46-44-42-33-31-29-27-25-23-21-19-17-15-13-11-9-7-2/h70-71,75H,6-69H2,1-5H3,(H-,73,76,77,78). The van der Waals surface area contributed by atoms with Crippen molar-refractivity contribution in [2.45, 2.75) is 418 Å². The average Bonchev–Trinajstić information content (AvgIpc) is 3.43. The fourth-order valence-electron chi connectivity index (χ4n) is 11.9. The third-order valence-electron chi connectivity index (χ3n) is 17.6. The van der Waals surface area contributed by atoms with Crippen LogP contribution < -0.4 is 10.2 Å². The molecule has 0 aromatic heterocycles. The van der Waals surface area contributed by atoms with E-state index >= 15 is 0 Å². The number of phosphoric ester groups is 1. The molecule has 0 saturated carbocycles. The molecule has 3 unspecified atom stereocenters. The molecule has 81 heavy (non-hydrogen) atoms. The van der Waals surface area contributed by atoms with Crippen molar-refractivity contribution in [2.75, 3.05) is 40.9 Å². The SMILES string of the molecule is CCCCCCCCCCCCCCCCCCCCCCCCCCCCCCCCCCCC(O)C(COP(=O)([O-])OCC[N+](C)(C)C)NC(=O)CCCCCCCCCCCCCCCCCCCCCCCCCCCC. The predicted octanol–water partition coefficient (Wildman–Crippen LogP) is 22.9. The summed E-state index contributed by atoms with van der Waals surface area (Å²) in [6.45, 7) is 4.81. The van der Waals surface area contributed by atoms with Crippen LogP contribution in [0, 0.1) is 0 Å². The van der Waals surface area contributed by atoms with E-state index in [2.05, 4.69) is 19.2 Å². The van der Waals surface area contributed by atoms with Gasteiger partial charge in [-0.25, -0.2) is 0 Å². The number of hydrogen-bond donors (Lipinski definition) is 2. The second-order valence-electron chi connectivity index (χ2n) is 27.0. The van der Waals surface area contributed by atoms with E-state index in [1.54, 1.807) is 0 Å². The average molecular weight is 1170 g/mol. The van der Waals surface area contributed by atoms with Gasteiger partial charge in [0.25, 0.3) is 7.82 Å². The number of nitrogens with zero attached hydrogens (tertiary/aromatic N) is 1. The van der Waals surface area contributed by atoms with Gasteiger partial charge in [-0.3, -0.25) is 9.36 Å². The summed E-state index contributed by atoms with van der Waals surface area (Å²) < 4.78 is 23.6. The third kappa shape index (κ3) is 66.9. The minimum atomic E-state index is -4.58. The van der Waals surface area contributed by atoms with Crippen molar-refractivity contribution in [3.05, 3.63) is 0 Å². The van der Waals surface area contributed by atoms with Gasteiger partial charge >= 0.3 is 0 Å². The van der Waals surface area contributed by atoms with Crippen LogP contribution in [0.2, 0.25) is 0 Å². The maximum absolute atomic E-state index is 13.1. The van der Waals surface area contributed by atoms with Gasteiger partial charge in [-0.1, -0.05) is 386 Å². The number of carbonyl (C=O) groups is 1. The molecule has 0 spiro atoms. The fourth-order valence-corrected chi connectivity index (χ4v) is 12.6. The highest BCUT2D eigenvalue weighted by Gasteiger charge is 2.24. The zero-order chi connectivity index (χ0) is 59.1. The Morgan fingerprint density at radius 3 is 0.840 bits per heavy atom. The number of aliphatic hydroxyl groups excluding tert-OH is 1. The molecule has 0 saturated heterocycles. The lowest BCUT2D eigenvalue weighted by Gasteiger charge is -2.30. The van der Waals surface area contributed by atoms with Crippen LogP contribution in [0.5, 0.6) is 0 Å². The summed E-state index contributed by atoms with van der Waals surface area (Å²) >= 11 is 0. The molecule has 0 aliphatic carbocycles. The molecule has 8 nitrogen and oxygen atoms in total. The Bertz CT molecular complexity index is 1280. The summed E-state index contributed by atoms with van der Waals surface area (Å²) in [5.74, 6) is -0.153. The van der Waals surface area contributed by atoms with Gasteiger partial charge in [0.15, 0.2) is 0 Å². The van der Waals surface area contributed by atoms with E-state index in [9.17, 15) is 19.4 Å². The van der Waals surface area contributed by atoms with E-state index in [0.717, 1.165) is 38.5 Å². The largest absolute Gasteiger partial charge is 0.756 e. The topological polar surface area (TPSA) is 108 Å². The Morgan fingerprint density at radius 1 is 0.383 bits per heavy atom. The van der Waals surface area contributed by atoms with Crippen molar-refractivity contribution < 1.29 is 32.9 Å². The first-order valence-electron chi connectivity index (χ1n) is 36.9. The molecule has 486 valence electrons. The third-order valence-corrected chi connectivity index (χ3v) is 18.6. The summed E-state index contributed by atoms with van der Waals surface area (Å²) in [5, 5.41) is 14.1. The van der Waals surface area contributed by atoms with E-state index < -0.39 is 20.0 Å². The first kappa shape index (κ1) is 80.5. The minimum absolute atomic E-state index is 0.0170. The molecular weight excluding hydrogens is 1020 g/mol. The molecule has 0 bridgehead atoms. The second-order valence-corrected chi connectivity index (χ2v) is 28.4. The predicted molar refractivity (Wildman–Crippen MR) is 353 cm³/mol. The van der Waals surface area contributed by atoms with Crippen molar-refractivity contribution in [1.29, 1.82) is 0 Å². The van der Waals surface area contributed by atoms with Gasteiger partial charge in [0.1, 0.15) is 13.2 Å². The van der Waals surface area contributed by atoms with Crippen molar-refractivity contribution in [3.8, 4) is 0 Å². The monoisotopic (exact) mass is 1170 g/mol. The van der Waals surface area contributed by atoms with Crippen LogP contribution in [0.25, 0.3) is 0 Å². The van der Waals surface area contributed by atoms with Gasteiger partial charge in [-0.15, -0.1) is 0 Å². The highest BCUT2D eigenvalue weighted by Crippen LogP contribution is 2.38. The quantitative estimate of drug-likeness (QED) is 0.0357. The summed E-state index contributed by atoms with van der Waals surface area (Å²) in [6.07, 6.45) is 80.6. The van der Waals surface area contributed by atoms with Gasteiger partial charge < -0.3 is 28.8 Å². The summed E-state index contributed by atoms with van der Waals surface area (Å²) in [7, 11) is 1.33. The number of carbonyl (C=O) groups excluding carboxylic acids is 1. The smallest absolute Gasteiger partial charge is 0.268 e. The zero-order valence-corrected chi connectivity index (χ0v) is 56.7. The number of quaternary nitrogens is 1. The lowest BCUT2D eigenvalue weighted by Crippen LogP contribution is -2.46. The number of nitrogens with one attached hydrogen (secondary N) is 1. The van der Waals surface area contributed by atoms with E-state index in [0.29, 0.717) is 23.9 Å². The molecule has 0 rings (SSSR count). The fraction of sp³-hybridized carbons (Fsp3) is 0.986. The molecule has 9 heteroatoms. The van der Waals surface area contributed by atoms with Crippen LogP contribution >= 0.6 is 7.82 Å². The van der Waals surface area contributed by atoms with Gasteiger partial charge in [0.05, 0.1) is 39.9 Å². The van der Waals surface area contributed by atoms with Crippen LogP contribution in [-0.2, 0) is 18.4 Å². The number of likely N-dealkylation sites (N-methyl/N-ethyl adjacent to an activating group) is 1. The van der Waals surface area contributed by atoms with Crippen molar-refractivity contribution in [3.63, 3.8) is 0 Å². The number of aliphatic hydroxyl groups is 1. The number of rotatable bonds is 70. The highest BCUT2D eigenvalue weighted by atomic mass is 31.2. The molecule has 0 radical (unpaired) electrons. The summed E-state index contributed by atoms with van der Waals surface area (Å²) in [4.78, 5) is 25.7. The Labute approximate surface area is 508 Å². The molecule has 0 heterocycles. The molecule has 1 amide bonds. The summed E-state index contributed by atoms with van der Waals surface area (Å²) in [5.41, 5.74) is 0. The van der Waals surface area contributed by atoms with Crippen LogP contribution in [-0.4, -0.2) is 68.5 Å². The van der Waals surface area contributed by atoms with Gasteiger partial charge in [-0.2, -0.15) is 0 Å². The lowest BCUT2D eigenvalue weighted by atomic mass is 10.0. The highest BCUT2D eigenvalue weighted by molar-refractivity contribution is 7.45. The number of hydrogen-bond acceptors (Lipinski definition) is 6. The minimum Gasteiger partial charge on any atom is -0.756 e. The number of unbranched alkanes of at least 4 members (excludes halogenated alkanes) is 57. The van der Waals surface area contributed by atoms with Gasteiger partial charge in [0, 0.05) is 6.42 Å². The van der Waals surface area contributed by atoms with Crippen LogP contribution in [0.4, 0.5) is 0 Å². The normalized spacial score (nSPS) is 13.5. The van der Waals surface area contributed by atoms with E-state index in [4.69, 9.17) is 9.05 Å². The molecule has 0 aliphatic rings. The van der Waals surface area contributed by atoms with Crippen LogP contribution in [0.15, 0.2) is 0 Å². The Hall–Kier alpha value is -0.500. The maximum atomic E-state index is 13.1. The van der Waals surface area contributed by atoms with E-state index in [1.807, 2.05) is 21.1 Å². The molecule has 0 fully saturated rings. The Morgan fingerprint density at radius 2 is 0.605 bits per heavy atom. The number of amides is 1. The Balaban J connectivity index is 3.94. The summed E-state index contributed by atoms with van der Waals surface area (Å²) in [6, 6.07) is -0.797. The van der Waals surface area contributed by atoms with E-state index in [1.165, 1.54) is 340 Å². The first-order chi connectivity index (χ1) is 39.5. The van der Waals surface area contributed by atoms with Crippen LogP contribution in [0.1, 0.15) is 406 Å². The van der Waals surface area contributed by atoms with Gasteiger partial charge in [0.2, 0.25) is 5.91 Å². The first-order valence-corrected chi connectivity index (χ1v) is 38.3. The molecular formula is C72H147N2O6P. The van der Waals surface area contributed by atoms with Crippen LogP contribution in [0.3, 0.4) is 0 Å². The van der Waals surface area contributed by atoms with Gasteiger partial charge in [-0.05, 0) is 12.8 Å². The zero-order valence-electron chi connectivity index (χ0n) is 55.8. The maximum Gasteiger partial charge on any atom is 0.268 e. The van der Waals surface area contributed by atoms with E-state index in [-0.39, 0.29) is 19.1 Å². The van der Waals surface area contributed by atoms with Crippen molar-refractivity contribution in [2.24, 2.45) is 0 Å². The molecule has 0 aliphatic heterocycles. The molecule has 3 atom stereocenters. The molecule has 0 aromatic carbocycles.